The van der Waals surface area contributed by atoms with E-state index in [1.54, 1.807) is 29.1 Å². The molecule has 3 aromatic heterocycles. The number of hydrogen-bond acceptors (Lipinski definition) is 1. The average molecular weight is 409 g/mol. The highest BCUT2D eigenvalue weighted by Crippen LogP contribution is 2.16. The van der Waals surface area contributed by atoms with Gasteiger partial charge in [-0.25, -0.2) is 4.98 Å². The summed E-state index contributed by atoms with van der Waals surface area (Å²) in [5.74, 6) is -0.373. The minimum Gasteiger partial charge on any atom is -0.249 e. The van der Waals surface area contributed by atoms with Crippen molar-refractivity contribution in [1.29, 1.82) is 0 Å². The Balaban J connectivity index is 2.20. The van der Waals surface area contributed by atoms with Crippen molar-refractivity contribution < 1.29 is 13.5 Å². The maximum Gasteiger partial charge on any atom is 0.372 e. The Morgan fingerprint density at radius 2 is 1.71 bits per heavy atom. The Morgan fingerprint density at radius 3 is 2.46 bits per heavy atom. The molecule has 0 atom stereocenters. The van der Waals surface area contributed by atoms with Crippen LogP contribution in [0.5, 0.6) is 0 Å². The summed E-state index contributed by atoms with van der Waals surface area (Å²) in [6, 6.07) is 7.02. The van der Waals surface area contributed by atoms with Crippen molar-refractivity contribution in [2.24, 2.45) is 0 Å². The van der Waals surface area contributed by atoms with Gasteiger partial charge in [0.1, 0.15) is 10.7 Å². The van der Waals surface area contributed by atoms with Crippen molar-refractivity contribution in [1.82, 2.24) is 4.98 Å². The SMILES string of the molecule is Cc1ccc(Cl)[n+](-c2cc(F)[n+](-c3cc(Br)ncc3C)cc2C)c1. The van der Waals surface area contributed by atoms with Gasteiger partial charge in [0, 0.05) is 29.5 Å². The van der Waals surface area contributed by atoms with Gasteiger partial charge < -0.3 is 0 Å². The Kier molecular flexibility index (Phi) is 4.65. The van der Waals surface area contributed by atoms with Crippen LogP contribution >= 0.6 is 27.5 Å². The molecule has 0 saturated heterocycles. The van der Waals surface area contributed by atoms with Gasteiger partial charge in [-0.15, -0.1) is 13.5 Å². The van der Waals surface area contributed by atoms with Crippen LogP contribution in [-0.2, 0) is 0 Å². The van der Waals surface area contributed by atoms with Gasteiger partial charge in [-0.1, -0.05) is 0 Å². The predicted molar refractivity (Wildman–Crippen MR) is 94.2 cm³/mol. The molecule has 0 amide bonds. The summed E-state index contributed by atoms with van der Waals surface area (Å²) >= 11 is 9.61. The Morgan fingerprint density at radius 1 is 1.00 bits per heavy atom. The zero-order valence-corrected chi connectivity index (χ0v) is 15.9. The molecule has 0 aromatic carbocycles. The fourth-order valence-electron chi connectivity index (χ4n) is 2.58. The number of rotatable bonds is 2. The van der Waals surface area contributed by atoms with Gasteiger partial charge in [0.05, 0.1) is 5.56 Å². The normalized spacial score (nSPS) is 10.9. The Bertz CT molecular complexity index is 867. The highest BCUT2D eigenvalue weighted by atomic mass is 79.9. The van der Waals surface area contributed by atoms with E-state index in [1.807, 2.05) is 33.0 Å². The molecule has 0 fully saturated rings. The average Bonchev–Trinajstić information content (AvgIpc) is 2.54. The first-order valence-electron chi connectivity index (χ1n) is 7.39. The van der Waals surface area contributed by atoms with E-state index in [-0.39, 0.29) is 5.95 Å². The molecule has 24 heavy (non-hydrogen) atoms. The molecule has 0 N–H and O–H groups in total. The van der Waals surface area contributed by atoms with Crippen molar-refractivity contribution in [2.75, 3.05) is 0 Å². The molecule has 0 saturated carbocycles. The van der Waals surface area contributed by atoms with Crippen LogP contribution in [0.1, 0.15) is 16.7 Å². The third kappa shape index (κ3) is 3.19. The van der Waals surface area contributed by atoms with E-state index in [4.69, 9.17) is 11.6 Å². The second kappa shape index (κ2) is 6.57. The topological polar surface area (TPSA) is 20.6 Å². The van der Waals surface area contributed by atoms with Crippen LogP contribution in [0.3, 0.4) is 0 Å². The number of aryl methyl sites for hydroxylation is 3. The molecule has 3 rings (SSSR count). The van der Waals surface area contributed by atoms with Crippen LogP contribution < -0.4 is 9.13 Å². The standard InChI is InChI=1S/C18H16BrClFN3/c1-11-4-5-17(20)23(9-11)15-7-18(21)24(10-13(15)3)14-6-16(19)22-8-12(14)2/h4-10H,1-3H3/q+2. The highest BCUT2D eigenvalue weighted by Gasteiger charge is 2.25. The molecule has 0 spiro atoms. The highest BCUT2D eigenvalue weighted by molar-refractivity contribution is 9.10. The number of hydrogen-bond donors (Lipinski definition) is 0. The molecule has 3 heterocycles. The van der Waals surface area contributed by atoms with E-state index in [0.29, 0.717) is 15.4 Å². The van der Waals surface area contributed by atoms with Crippen LogP contribution in [0.2, 0.25) is 5.15 Å². The number of nitrogens with zero attached hydrogens (tertiary/aromatic N) is 3. The second-order valence-electron chi connectivity index (χ2n) is 5.73. The van der Waals surface area contributed by atoms with Gasteiger partial charge in [-0.2, -0.15) is 0 Å². The summed E-state index contributed by atoms with van der Waals surface area (Å²) in [5.41, 5.74) is 4.29. The van der Waals surface area contributed by atoms with Gasteiger partial charge in [-0.05, 0) is 54.4 Å². The van der Waals surface area contributed by atoms with Crippen LogP contribution in [0.25, 0.3) is 11.4 Å². The van der Waals surface area contributed by atoms with Gasteiger partial charge in [0.25, 0.3) is 5.15 Å². The lowest BCUT2D eigenvalue weighted by Crippen LogP contribution is -2.40. The van der Waals surface area contributed by atoms with Crippen molar-refractivity contribution in [3.63, 3.8) is 0 Å². The molecule has 0 aliphatic heterocycles. The number of pyridine rings is 3. The molecule has 0 radical (unpaired) electrons. The Labute approximate surface area is 153 Å². The lowest BCUT2D eigenvalue weighted by molar-refractivity contribution is -0.634. The van der Waals surface area contributed by atoms with E-state index in [2.05, 4.69) is 20.9 Å². The predicted octanol–water partition coefficient (Wildman–Crippen LogP) is 4.12. The second-order valence-corrected chi connectivity index (χ2v) is 6.93. The molecule has 0 bridgehead atoms. The molecule has 0 aliphatic rings. The van der Waals surface area contributed by atoms with E-state index in [9.17, 15) is 4.39 Å². The van der Waals surface area contributed by atoms with Crippen LogP contribution in [0, 0.1) is 26.7 Å². The molecular weight excluding hydrogens is 393 g/mol. The first-order chi connectivity index (χ1) is 11.4. The van der Waals surface area contributed by atoms with Gasteiger partial charge in [0.15, 0.2) is 12.4 Å². The molecule has 0 unspecified atom stereocenters. The first kappa shape index (κ1) is 17.0. The molecular formula is C18H16BrClFN3+2. The first-order valence-corrected chi connectivity index (χ1v) is 8.56. The van der Waals surface area contributed by atoms with Crippen molar-refractivity contribution in [3.05, 3.63) is 75.3 Å². The van der Waals surface area contributed by atoms with Gasteiger partial charge in [-0.3, -0.25) is 0 Å². The minimum absolute atomic E-state index is 0.373. The van der Waals surface area contributed by atoms with Crippen molar-refractivity contribution >= 4 is 27.5 Å². The summed E-state index contributed by atoms with van der Waals surface area (Å²) in [6.45, 7) is 5.80. The van der Waals surface area contributed by atoms with Crippen molar-refractivity contribution in [2.45, 2.75) is 20.8 Å². The maximum atomic E-state index is 14.8. The fourth-order valence-corrected chi connectivity index (χ4v) is 3.11. The van der Waals surface area contributed by atoms with Crippen LogP contribution in [-0.4, -0.2) is 4.98 Å². The number of aromatic nitrogens is 3. The van der Waals surface area contributed by atoms with E-state index < -0.39 is 0 Å². The Hall–Kier alpha value is -1.85. The smallest absolute Gasteiger partial charge is 0.249 e. The van der Waals surface area contributed by atoms with E-state index in [0.717, 1.165) is 22.4 Å². The summed E-state index contributed by atoms with van der Waals surface area (Å²) in [6.07, 6.45) is 5.37. The van der Waals surface area contributed by atoms with E-state index in [1.165, 1.54) is 10.6 Å². The third-order valence-electron chi connectivity index (χ3n) is 3.82. The minimum atomic E-state index is -0.373. The molecule has 6 heteroatoms. The summed E-state index contributed by atoms with van der Waals surface area (Å²) in [4.78, 5) is 4.16. The fraction of sp³-hybridized carbons (Fsp3) is 0.167. The molecule has 0 aliphatic carbocycles. The van der Waals surface area contributed by atoms with E-state index >= 15 is 0 Å². The van der Waals surface area contributed by atoms with Crippen molar-refractivity contribution in [3.8, 4) is 11.4 Å². The largest absolute Gasteiger partial charge is 0.372 e. The summed E-state index contributed by atoms with van der Waals surface area (Å²) in [5, 5.41) is 0.531. The molecule has 122 valence electrons. The summed E-state index contributed by atoms with van der Waals surface area (Å²) < 4.78 is 18.8. The maximum absolute atomic E-state index is 14.8. The molecule has 3 aromatic rings. The zero-order chi connectivity index (χ0) is 17.4. The van der Waals surface area contributed by atoms with Gasteiger partial charge in [0.2, 0.25) is 11.4 Å². The summed E-state index contributed by atoms with van der Waals surface area (Å²) in [7, 11) is 0. The van der Waals surface area contributed by atoms with Gasteiger partial charge >= 0.3 is 5.95 Å². The quantitative estimate of drug-likeness (QED) is 0.461. The van der Waals surface area contributed by atoms with Crippen LogP contribution in [0.15, 0.2) is 47.5 Å². The lowest BCUT2D eigenvalue weighted by atomic mass is 10.2. The van der Waals surface area contributed by atoms with Crippen LogP contribution in [0.4, 0.5) is 4.39 Å². The molecule has 3 nitrogen and oxygen atoms in total. The lowest BCUT2D eigenvalue weighted by Gasteiger charge is -2.05. The zero-order valence-electron chi connectivity index (χ0n) is 13.5. The monoisotopic (exact) mass is 407 g/mol. The third-order valence-corrected chi connectivity index (χ3v) is 4.56. The number of halogens is 3.